The fourth-order valence-corrected chi connectivity index (χ4v) is 6.38. The second-order valence-corrected chi connectivity index (χ2v) is 14.2. The molecule has 0 aliphatic rings. The summed E-state index contributed by atoms with van der Waals surface area (Å²) in [6.45, 7) is -0.921. The van der Waals surface area contributed by atoms with Crippen LogP contribution >= 0.6 is 0 Å². The average molecular weight is 711 g/mol. The molecule has 1 unspecified atom stereocenters. The van der Waals surface area contributed by atoms with Gasteiger partial charge < -0.3 is 21.3 Å². The first kappa shape index (κ1) is 37.4. The van der Waals surface area contributed by atoms with Crippen LogP contribution in [0.25, 0.3) is 21.9 Å². The second kappa shape index (κ2) is 14.8. The van der Waals surface area contributed by atoms with Crippen LogP contribution in [0.4, 0.5) is 24.7 Å². The van der Waals surface area contributed by atoms with Crippen molar-refractivity contribution in [2.45, 2.75) is 23.5 Å². The van der Waals surface area contributed by atoms with E-state index in [-0.39, 0.29) is 17.1 Å². The number of rotatable bonds is 10. The molecule has 0 aliphatic heterocycles. The lowest BCUT2D eigenvalue weighted by molar-refractivity contribution is -0.192. The summed E-state index contributed by atoms with van der Waals surface area (Å²) in [6.07, 6.45) is -1.72. The van der Waals surface area contributed by atoms with E-state index < -0.39 is 56.5 Å². The highest BCUT2D eigenvalue weighted by Crippen LogP contribution is 2.29. The van der Waals surface area contributed by atoms with Crippen molar-refractivity contribution in [2.75, 3.05) is 30.1 Å². The quantitative estimate of drug-likeness (QED) is 0.187. The first-order chi connectivity index (χ1) is 22.2. The third kappa shape index (κ3) is 9.96. The third-order valence-electron chi connectivity index (χ3n) is 6.65. The van der Waals surface area contributed by atoms with Crippen LogP contribution in [0.2, 0.25) is 0 Å². The van der Waals surface area contributed by atoms with Crippen LogP contribution in [-0.2, 0) is 40.7 Å². The Kier molecular flexibility index (Phi) is 11.5. The summed E-state index contributed by atoms with van der Waals surface area (Å²) < 4.78 is 82.1. The van der Waals surface area contributed by atoms with E-state index in [2.05, 4.69) is 10.3 Å². The summed E-state index contributed by atoms with van der Waals surface area (Å²) >= 11 is 0. The fraction of sp³-hybridized carbons (Fsp3) is 0.200. The Hall–Kier alpha value is -5.07. The van der Waals surface area contributed by atoms with E-state index in [0.717, 1.165) is 17.9 Å². The number of nitrogens with zero attached hydrogens (tertiary/aromatic N) is 2. The standard InChI is InChI=1S/C28H28N4O7S2.C2HF3O2/c1-40(36,37)25-6-4-3-5-22(25)19-9-11-21(12-10-19)31-28(35)24(32(17-26(33)34)41(2,38)39)16-18-7-8-20-13-14-30-27(29)23(20)15-18;3-2(4,5)1(6)7/h3-15,24H,16-17H2,1-2H3,(H2,29,30)(H,31,35)(H,33,34);(H,6,7). The molecule has 4 aromatic rings. The van der Waals surface area contributed by atoms with Gasteiger partial charge in [-0.2, -0.15) is 17.5 Å². The van der Waals surface area contributed by atoms with E-state index >= 15 is 0 Å². The largest absolute Gasteiger partial charge is 0.490 e. The molecule has 48 heavy (non-hydrogen) atoms. The van der Waals surface area contributed by atoms with Crippen LogP contribution in [0.3, 0.4) is 0 Å². The molecule has 0 aliphatic carbocycles. The number of aromatic nitrogens is 1. The zero-order valence-corrected chi connectivity index (χ0v) is 26.8. The summed E-state index contributed by atoms with van der Waals surface area (Å²) in [5.74, 6) is -4.67. The van der Waals surface area contributed by atoms with Crippen molar-refractivity contribution in [1.82, 2.24) is 9.29 Å². The monoisotopic (exact) mass is 710 g/mol. The second-order valence-electron chi connectivity index (χ2n) is 10.3. The van der Waals surface area contributed by atoms with Crippen molar-refractivity contribution >= 4 is 60.0 Å². The topological polar surface area (TPSA) is 214 Å². The number of carboxylic acid groups (broad SMARTS) is 2. The number of amides is 1. The molecule has 1 aromatic heterocycles. The number of aliphatic carboxylic acids is 2. The van der Waals surface area contributed by atoms with Crippen molar-refractivity contribution in [3.63, 3.8) is 0 Å². The van der Waals surface area contributed by atoms with Gasteiger partial charge in [0, 0.05) is 29.1 Å². The molecule has 0 fully saturated rings. The molecule has 18 heteroatoms. The number of nitrogens with two attached hydrogens (primary N) is 1. The number of fused-ring (bicyclic) bond motifs is 1. The van der Waals surface area contributed by atoms with E-state index in [9.17, 15) is 44.7 Å². The number of nitrogens with one attached hydrogen (secondary N) is 1. The van der Waals surface area contributed by atoms with Gasteiger partial charge in [0.05, 0.1) is 11.2 Å². The van der Waals surface area contributed by atoms with Gasteiger partial charge in [-0.1, -0.05) is 42.5 Å². The Balaban J connectivity index is 0.000000804. The summed E-state index contributed by atoms with van der Waals surface area (Å²) in [6, 6.07) is 18.3. The minimum atomic E-state index is -5.08. The van der Waals surface area contributed by atoms with E-state index in [1.807, 2.05) is 0 Å². The number of carboxylic acids is 2. The number of sulfone groups is 1. The summed E-state index contributed by atoms with van der Waals surface area (Å²) in [5.41, 5.74) is 7.92. The van der Waals surface area contributed by atoms with E-state index in [0.29, 0.717) is 32.1 Å². The summed E-state index contributed by atoms with van der Waals surface area (Å²) in [7, 11) is -7.62. The van der Waals surface area contributed by atoms with E-state index in [1.54, 1.807) is 72.9 Å². The molecule has 4 rings (SSSR count). The molecule has 0 saturated heterocycles. The molecule has 0 radical (unpaired) electrons. The Morgan fingerprint density at radius 3 is 2.08 bits per heavy atom. The smallest absolute Gasteiger partial charge is 0.480 e. The number of benzene rings is 3. The number of carbonyl (C=O) groups is 3. The van der Waals surface area contributed by atoms with E-state index in [1.165, 1.54) is 6.07 Å². The SMILES string of the molecule is CS(=O)(=O)c1ccccc1-c1ccc(NC(=O)C(Cc2ccc3ccnc(N)c3c2)N(CC(=O)O)S(C)(=O)=O)cc1.O=C(O)C(F)(F)F. The first-order valence-electron chi connectivity index (χ1n) is 13.5. The highest BCUT2D eigenvalue weighted by atomic mass is 32.2. The Bertz CT molecular complexity index is 2060. The maximum Gasteiger partial charge on any atom is 0.490 e. The molecule has 1 atom stereocenters. The Morgan fingerprint density at radius 2 is 1.54 bits per heavy atom. The third-order valence-corrected chi connectivity index (χ3v) is 9.04. The van der Waals surface area contributed by atoms with Crippen LogP contribution < -0.4 is 11.1 Å². The first-order valence-corrected chi connectivity index (χ1v) is 17.2. The van der Waals surface area contributed by atoms with Crippen molar-refractivity contribution in [3.05, 3.63) is 84.6 Å². The lowest BCUT2D eigenvalue weighted by Gasteiger charge is -2.28. The van der Waals surface area contributed by atoms with Gasteiger partial charge in [-0.15, -0.1) is 0 Å². The molecule has 1 heterocycles. The van der Waals surface area contributed by atoms with Gasteiger partial charge in [-0.3, -0.25) is 9.59 Å². The average Bonchev–Trinajstić information content (AvgIpc) is 2.98. The number of nitrogen functional groups attached to an aromatic ring is 1. The summed E-state index contributed by atoms with van der Waals surface area (Å²) in [4.78, 5) is 38.2. The fourth-order valence-electron chi connectivity index (χ4n) is 4.49. The highest BCUT2D eigenvalue weighted by Gasteiger charge is 2.38. The van der Waals surface area contributed by atoms with Gasteiger partial charge in [0.25, 0.3) is 0 Å². The number of pyridine rings is 1. The van der Waals surface area contributed by atoms with Crippen LogP contribution in [0, 0.1) is 0 Å². The minimum Gasteiger partial charge on any atom is -0.480 e. The van der Waals surface area contributed by atoms with Gasteiger partial charge in [-0.25, -0.2) is 26.6 Å². The van der Waals surface area contributed by atoms with E-state index in [4.69, 9.17) is 15.6 Å². The highest BCUT2D eigenvalue weighted by molar-refractivity contribution is 7.90. The molecule has 0 saturated carbocycles. The minimum absolute atomic E-state index is 0.143. The van der Waals surface area contributed by atoms with Gasteiger partial charge in [0.1, 0.15) is 18.4 Å². The molecule has 256 valence electrons. The van der Waals surface area contributed by atoms with Crippen LogP contribution in [0.15, 0.2) is 83.9 Å². The molecule has 13 nitrogen and oxygen atoms in total. The number of hydrogen-bond acceptors (Lipinski definition) is 9. The number of carbonyl (C=O) groups excluding carboxylic acids is 1. The maximum absolute atomic E-state index is 13.5. The van der Waals surface area contributed by atoms with Gasteiger partial charge >= 0.3 is 18.1 Å². The zero-order chi connectivity index (χ0) is 36.0. The zero-order valence-electron chi connectivity index (χ0n) is 25.2. The predicted molar refractivity (Wildman–Crippen MR) is 170 cm³/mol. The number of hydrogen-bond donors (Lipinski definition) is 4. The lowest BCUT2D eigenvalue weighted by Crippen LogP contribution is -2.50. The molecule has 0 bridgehead atoms. The normalized spacial score (nSPS) is 12.5. The predicted octanol–water partition coefficient (Wildman–Crippen LogP) is 3.42. The Labute approximate surface area is 272 Å². The van der Waals surface area contributed by atoms with Crippen LogP contribution in [0.1, 0.15) is 5.56 Å². The van der Waals surface area contributed by atoms with Crippen molar-refractivity contribution in [2.24, 2.45) is 0 Å². The molecular weight excluding hydrogens is 681 g/mol. The molecule has 5 N–H and O–H groups in total. The van der Waals surface area contributed by atoms with Crippen LogP contribution in [0.5, 0.6) is 0 Å². The van der Waals surface area contributed by atoms with Gasteiger partial charge in [0.2, 0.25) is 15.9 Å². The molecular formula is C30H29F3N4O9S2. The number of alkyl halides is 3. The molecule has 1 amide bonds. The number of anilines is 2. The lowest BCUT2D eigenvalue weighted by atomic mass is 10.0. The van der Waals surface area contributed by atoms with Crippen molar-refractivity contribution < 1.29 is 54.6 Å². The summed E-state index contributed by atoms with van der Waals surface area (Å²) in [5, 5.41) is 20.6. The number of halogens is 3. The van der Waals surface area contributed by atoms with Gasteiger partial charge in [-0.05, 0) is 53.3 Å². The van der Waals surface area contributed by atoms with Crippen molar-refractivity contribution in [3.8, 4) is 11.1 Å². The van der Waals surface area contributed by atoms with Crippen LogP contribution in [-0.4, -0.2) is 85.5 Å². The maximum atomic E-state index is 13.5. The molecule has 0 spiro atoms. The molecule has 3 aromatic carbocycles. The number of sulfonamides is 1. The Morgan fingerprint density at radius 1 is 0.938 bits per heavy atom. The van der Waals surface area contributed by atoms with Gasteiger partial charge in [0.15, 0.2) is 9.84 Å². The van der Waals surface area contributed by atoms with Crippen molar-refractivity contribution in [1.29, 1.82) is 0 Å².